The molecule has 0 spiro atoms. The molecule has 3 nitrogen and oxygen atoms in total. The predicted octanol–water partition coefficient (Wildman–Crippen LogP) is 0.638. The van der Waals surface area contributed by atoms with Gasteiger partial charge in [-0.05, 0) is 13.8 Å². The van der Waals surface area contributed by atoms with Crippen LogP contribution in [0.1, 0.15) is 13.8 Å². The third kappa shape index (κ3) is 3.25. The van der Waals surface area contributed by atoms with Crippen molar-refractivity contribution in [3.63, 3.8) is 0 Å². The van der Waals surface area contributed by atoms with Crippen molar-refractivity contribution in [1.82, 2.24) is 0 Å². The zero-order valence-corrected chi connectivity index (χ0v) is 7.15. The average Bonchev–Trinajstić information content (AvgIpc) is 2.05. The van der Waals surface area contributed by atoms with Gasteiger partial charge in [-0.3, -0.25) is 9.59 Å². The molecular formula is C9H12O3. The number of aldehydes is 1. The van der Waals surface area contributed by atoms with Crippen LogP contribution >= 0.6 is 0 Å². The summed E-state index contributed by atoms with van der Waals surface area (Å²) in [4.78, 5) is 21.0. The Morgan fingerprint density at radius 3 is 2.42 bits per heavy atom. The highest BCUT2D eigenvalue weighted by Gasteiger charge is 2.13. The first kappa shape index (κ1) is 10.8. The molecule has 0 amide bonds. The molecule has 1 atom stereocenters. The molecule has 0 bridgehead atoms. The number of aliphatic hydroxyl groups is 1. The fourth-order valence-corrected chi connectivity index (χ4v) is 0.637. The lowest BCUT2D eigenvalue weighted by Gasteiger charge is -2.03. The van der Waals surface area contributed by atoms with Crippen LogP contribution in [0.2, 0.25) is 0 Å². The fraction of sp³-hybridized carbons (Fsp3) is 0.333. The molecule has 0 saturated carbocycles. The Bertz CT molecular complexity index is 226. The highest BCUT2D eigenvalue weighted by Crippen LogP contribution is 2.00. The zero-order valence-electron chi connectivity index (χ0n) is 7.15. The Hall–Kier alpha value is -1.22. The van der Waals surface area contributed by atoms with E-state index in [9.17, 15) is 9.59 Å². The first-order valence-electron chi connectivity index (χ1n) is 3.60. The van der Waals surface area contributed by atoms with Gasteiger partial charge in [-0.25, -0.2) is 0 Å². The van der Waals surface area contributed by atoms with Crippen LogP contribution in [0.5, 0.6) is 0 Å². The molecule has 12 heavy (non-hydrogen) atoms. The quantitative estimate of drug-likeness (QED) is 0.380. The number of rotatable bonds is 4. The summed E-state index contributed by atoms with van der Waals surface area (Å²) in [5.41, 5.74) is 0.0839. The van der Waals surface area contributed by atoms with Crippen molar-refractivity contribution < 1.29 is 14.7 Å². The Labute approximate surface area is 71.4 Å². The van der Waals surface area contributed by atoms with Crippen LogP contribution in [-0.2, 0) is 9.59 Å². The number of ketones is 1. The molecule has 0 aromatic rings. The van der Waals surface area contributed by atoms with Gasteiger partial charge in [0.1, 0.15) is 12.4 Å². The summed E-state index contributed by atoms with van der Waals surface area (Å²) in [6.07, 6.45) is 3.90. The van der Waals surface area contributed by atoms with E-state index >= 15 is 0 Å². The molecule has 0 aliphatic heterocycles. The summed E-state index contributed by atoms with van der Waals surface area (Å²) < 4.78 is 0. The average molecular weight is 168 g/mol. The van der Waals surface area contributed by atoms with Crippen molar-refractivity contribution in [2.24, 2.45) is 0 Å². The maximum atomic E-state index is 10.6. The number of hydrogen-bond acceptors (Lipinski definition) is 3. The fourth-order valence-electron chi connectivity index (χ4n) is 0.637. The maximum absolute atomic E-state index is 10.6. The molecule has 0 fully saturated rings. The van der Waals surface area contributed by atoms with Crippen molar-refractivity contribution in [3.05, 3.63) is 23.8 Å². The third-order valence-corrected chi connectivity index (χ3v) is 1.32. The number of aliphatic hydroxyl groups excluding tert-OH is 1. The summed E-state index contributed by atoms with van der Waals surface area (Å²) in [5.74, 6) is -0.433. The molecule has 0 heterocycles. The van der Waals surface area contributed by atoms with Crippen molar-refractivity contribution in [2.75, 3.05) is 0 Å². The number of carbonyl (C=O) groups is 2. The highest BCUT2D eigenvalue weighted by molar-refractivity contribution is 5.92. The number of allylic oxidation sites excluding steroid dienone is 3. The Balaban J connectivity index is 4.54. The van der Waals surface area contributed by atoms with Crippen LogP contribution in [0.4, 0.5) is 0 Å². The van der Waals surface area contributed by atoms with Crippen LogP contribution in [0, 0.1) is 0 Å². The number of hydrogen-bond donors (Lipinski definition) is 1. The lowest BCUT2D eigenvalue weighted by atomic mass is 10.1. The monoisotopic (exact) mass is 168 g/mol. The first-order valence-corrected chi connectivity index (χ1v) is 3.60. The molecule has 1 unspecified atom stereocenters. The summed E-state index contributed by atoms with van der Waals surface area (Å²) in [5, 5.41) is 9.13. The lowest BCUT2D eigenvalue weighted by Crippen LogP contribution is -2.20. The van der Waals surface area contributed by atoms with Crippen molar-refractivity contribution in [2.45, 2.75) is 20.0 Å². The largest absolute Gasteiger partial charge is 0.380 e. The highest BCUT2D eigenvalue weighted by atomic mass is 16.3. The van der Waals surface area contributed by atoms with Crippen molar-refractivity contribution in [1.29, 1.82) is 0 Å². The minimum atomic E-state index is -1.29. The van der Waals surface area contributed by atoms with E-state index in [-0.39, 0.29) is 5.57 Å². The van der Waals surface area contributed by atoms with Gasteiger partial charge < -0.3 is 5.11 Å². The molecule has 0 rings (SSSR count). The molecule has 0 radical (unpaired) electrons. The van der Waals surface area contributed by atoms with E-state index in [1.165, 1.54) is 13.0 Å². The smallest absolute Gasteiger partial charge is 0.162 e. The van der Waals surface area contributed by atoms with Crippen LogP contribution in [-0.4, -0.2) is 23.3 Å². The number of Topliss-reactive ketones (excluding diaryl/α,β-unsaturated/α-hetero) is 1. The Morgan fingerprint density at radius 1 is 1.50 bits per heavy atom. The minimum absolute atomic E-state index is 0.0839. The molecule has 3 heteroatoms. The standard InChI is InChI=1S/C9H12O3/c1-3-4-5-8(6-10)9(12)7(2)11/h3-6,9,12H,1-2H3/b4-3+,8-5-. The van der Waals surface area contributed by atoms with Gasteiger partial charge >= 0.3 is 0 Å². The van der Waals surface area contributed by atoms with Gasteiger partial charge in [0.05, 0.1) is 0 Å². The van der Waals surface area contributed by atoms with Gasteiger partial charge in [-0.15, -0.1) is 0 Å². The van der Waals surface area contributed by atoms with Gasteiger partial charge in [-0.2, -0.15) is 0 Å². The van der Waals surface area contributed by atoms with E-state index in [1.54, 1.807) is 19.1 Å². The van der Waals surface area contributed by atoms with Gasteiger partial charge in [-0.1, -0.05) is 18.2 Å². The molecule has 0 aromatic heterocycles. The van der Waals surface area contributed by atoms with Gasteiger partial charge in [0, 0.05) is 5.57 Å². The van der Waals surface area contributed by atoms with Crippen LogP contribution < -0.4 is 0 Å². The summed E-state index contributed by atoms with van der Waals surface area (Å²) in [6.45, 7) is 3.01. The molecular weight excluding hydrogens is 156 g/mol. The maximum Gasteiger partial charge on any atom is 0.162 e. The van der Waals surface area contributed by atoms with E-state index in [0.29, 0.717) is 6.29 Å². The molecule has 0 aliphatic carbocycles. The van der Waals surface area contributed by atoms with Crippen LogP contribution in [0.25, 0.3) is 0 Å². The zero-order chi connectivity index (χ0) is 9.56. The van der Waals surface area contributed by atoms with Gasteiger partial charge in [0.15, 0.2) is 5.78 Å². The van der Waals surface area contributed by atoms with E-state index in [4.69, 9.17) is 5.11 Å². The molecule has 0 aromatic carbocycles. The third-order valence-electron chi connectivity index (χ3n) is 1.32. The first-order chi connectivity index (χ1) is 5.63. The molecule has 66 valence electrons. The SMILES string of the molecule is C/C=C/C=C(/C=O)C(O)C(C)=O. The topological polar surface area (TPSA) is 54.4 Å². The van der Waals surface area contributed by atoms with Crippen molar-refractivity contribution >= 4 is 12.1 Å². The summed E-state index contributed by atoms with van der Waals surface area (Å²) in [6, 6.07) is 0. The Kier molecular flexibility index (Phi) is 4.88. The molecule has 1 N–H and O–H groups in total. The van der Waals surface area contributed by atoms with Crippen molar-refractivity contribution in [3.8, 4) is 0 Å². The normalized spacial score (nSPS) is 14.8. The molecule has 0 saturated heterocycles. The van der Waals surface area contributed by atoms with E-state index in [1.807, 2.05) is 0 Å². The van der Waals surface area contributed by atoms with E-state index in [2.05, 4.69) is 0 Å². The lowest BCUT2D eigenvalue weighted by molar-refractivity contribution is -0.124. The summed E-state index contributed by atoms with van der Waals surface area (Å²) >= 11 is 0. The minimum Gasteiger partial charge on any atom is -0.380 e. The van der Waals surface area contributed by atoms with Crippen LogP contribution in [0.15, 0.2) is 23.8 Å². The molecule has 0 aliphatic rings. The Morgan fingerprint density at radius 2 is 2.08 bits per heavy atom. The second-order valence-electron chi connectivity index (χ2n) is 2.32. The summed E-state index contributed by atoms with van der Waals surface area (Å²) in [7, 11) is 0. The van der Waals surface area contributed by atoms with Gasteiger partial charge in [0.25, 0.3) is 0 Å². The van der Waals surface area contributed by atoms with Crippen LogP contribution in [0.3, 0.4) is 0 Å². The number of carbonyl (C=O) groups excluding carboxylic acids is 2. The predicted molar refractivity (Wildman–Crippen MR) is 45.6 cm³/mol. The second-order valence-corrected chi connectivity index (χ2v) is 2.32. The van der Waals surface area contributed by atoms with E-state index < -0.39 is 11.9 Å². The second kappa shape index (κ2) is 5.43. The van der Waals surface area contributed by atoms with E-state index in [0.717, 1.165) is 0 Å². The van der Waals surface area contributed by atoms with Gasteiger partial charge in [0.2, 0.25) is 0 Å².